The molecule has 1 saturated heterocycles. The van der Waals surface area contributed by atoms with Crippen LogP contribution in [0.1, 0.15) is 23.6 Å². The van der Waals surface area contributed by atoms with Crippen molar-refractivity contribution in [3.05, 3.63) is 95.6 Å². The van der Waals surface area contributed by atoms with Gasteiger partial charge in [-0.2, -0.15) is 23.3 Å². The van der Waals surface area contributed by atoms with Crippen LogP contribution in [0, 0.1) is 5.41 Å². The Morgan fingerprint density at radius 2 is 1.68 bits per heavy atom. The maximum Gasteiger partial charge on any atom is 0.416 e. The number of amides is 1. The van der Waals surface area contributed by atoms with Gasteiger partial charge in [-0.25, -0.2) is 0 Å². The van der Waals surface area contributed by atoms with Crippen molar-refractivity contribution in [3.8, 4) is 0 Å². The van der Waals surface area contributed by atoms with Crippen molar-refractivity contribution >= 4 is 23.0 Å². The van der Waals surface area contributed by atoms with Crippen LogP contribution in [0.15, 0.2) is 84.0 Å². The number of carbonyl (C=O) groups excluding carboxylic acids is 1. The van der Waals surface area contributed by atoms with Crippen LogP contribution in [0.3, 0.4) is 0 Å². The number of hydrogen-bond acceptors (Lipinski definition) is 4. The zero-order chi connectivity index (χ0) is 25.8. The third-order valence-electron chi connectivity index (χ3n) is 7.94. The van der Waals surface area contributed by atoms with Gasteiger partial charge in [-0.15, -0.1) is 0 Å². The van der Waals surface area contributed by atoms with Gasteiger partial charge in [-0.3, -0.25) is 9.69 Å². The van der Waals surface area contributed by atoms with Gasteiger partial charge in [-0.1, -0.05) is 48.5 Å². The maximum atomic E-state index is 14.2. The van der Waals surface area contributed by atoms with E-state index in [9.17, 15) is 18.0 Å². The summed E-state index contributed by atoms with van der Waals surface area (Å²) >= 11 is 0. The fraction of sp³-hybridized carbons (Fsp3) is 0.310. The Labute approximate surface area is 213 Å². The predicted molar refractivity (Wildman–Crippen MR) is 137 cm³/mol. The van der Waals surface area contributed by atoms with Crippen molar-refractivity contribution in [2.45, 2.75) is 32.1 Å². The predicted octanol–water partition coefficient (Wildman–Crippen LogP) is 5.36. The molecule has 0 unspecified atom stereocenters. The van der Waals surface area contributed by atoms with Crippen LogP contribution < -0.4 is 9.91 Å². The Bertz CT molecular complexity index is 1360. The van der Waals surface area contributed by atoms with E-state index >= 15 is 0 Å². The molecule has 5 nitrogen and oxygen atoms in total. The van der Waals surface area contributed by atoms with Crippen molar-refractivity contribution < 1.29 is 18.0 Å². The lowest BCUT2D eigenvalue weighted by Gasteiger charge is -2.53. The molecule has 37 heavy (non-hydrogen) atoms. The van der Waals surface area contributed by atoms with E-state index in [1.165, 1.54) is 16.6 Å². The number of anilines is 2. The van der Waals surface area contributed by atoms with Crippen molar-refractivity contribution in [1.82, 2.24) is 4.90 Å². The normalized spacial score (nSPS) is 23.7. The standard InChI is InChI=1S/C29H27F3N4O/c1-20-28(27(37)36(33-20)24-10-6-3-7-11-24)17-22-16-23(29(30,31)32)12-13-25(22)35-15-14-34(19-26(28)35)18-21-8-4-2-5-9-21/h2-13,16,26H,14-15,17-19H2,1H3/t26-,28-/m1/s1. The van der Waals surface area contributed by atoms with Crippen molar-refractivity contribution in [2.75, 3.05) is 29.5 Å². The summed E-state index contributed by atoms with van der Waals surface area (Å²) in [4.78, 5) is 18.7. The number of benzene rings is 3. The molecule has 0 aliphatic carbocycles. The zero-order valence-corrected chi connectivity index (χ0v) is 20.4. The largest absolute Gasteiger partial charge is 0.416 e. The van der Waals surface area contributed by atoms with Gasteiger partial charge in [0.1, 0.15) is 5.41 Å². The van der Waals surface area contributed by atoms with E-state index in [1.807, 2.05) is 55.5 Å². The van der Waals surface area contributed by atoms with Crippen LogP contribution in [-0.4, -0.2) is 42.2 Å². The second kappa shape index (κ2) is 8.73. The number of hydrazone groups is 1. The number of carbonyl (C=O) groups is 1. The first-order chi connectivity index (χ1) is 17.8. The topological polar surface area (TPSA) is 39.2 Å². The van der Waals surface area contributed by atoms with Crippen molar-refractivity contribution in [2.24, 2.45) is 10.5 Å². The highest BCUT2D eigenvalue weighted by atomic mass is 19.4. The Balaban J connectivity index is 1.43. The lowest BCUT2D eigenvalue weighted by atomic mass is 9.67. The lowest BCUT2D eigenvalue weighted by Crippen LogP contribution is -2.66. The monoisotopic (exact) mass is 504 g/mol. The third kappa shape index (κ3) is 3.91. The maximum absolute atomic E-state index is 14.2. The Kier molecular flexibility index (Phi) is 5.60. The SMILES string of the molecule is CC1=NN(c2ccccc2)C(=O)[C@]12Cc1cc(C(F)(F)F)ccc1N1CCN(Cc3ccccc3)C[C@@H]12. The minimum atomic E-state index is -4.45. The summed E-state index contributed by atoms with van der Waals surface area (Å²) in [5.41, 5.74) is 2.06. The molecule has 3 aromatic carbocycles. The lowest BCUT2D eigenvalue weighted by molar-refractivity contribution is -0.137. The van der Waals surface area contributed by atoms with Crippen LogP contribution in [0.4, 0.5) is 24.5 Å². The van der Waals surface area contributed by atoms with E-state index < -0.39 is 17.2 Å². The number of halogens is 3. The van der Waals surface area contributed by atoms with Gasteiger partial charge in [-0.05, 0) is 54.8 Å². The third-order valence-corrected chi connectivity index (χ3v) is 7.94. The molecule has 3 aliphatic rings. The molecular formula is C29H27F3N4O. The fourth-order valence-corrected chi connectivity index (χ4v) is 6.10. The molecule has 3 aromatic rings. The molecule has 2 atom stereocenters. The van der Waals surface area contributed by atoms with Crippen LogP contribution >= 0.6 is 0 Å². The first kappa shape index (κ1) is 23.7. The minimum Gasteiger partial charge on any atom is -0.364 e. The number of para-hydroxylation sites is 1. The summed E-state index contributed by atoms with van der Waals surface area (Å²) in [7, 11) is 0. The zero-order valence-electron chi connectivity index (χ0n) is 20.4. The molecule has 8 heteroatoms. The molecule has 0 N–H and O–H groups in total. The molecule has 3 aliphatic heterocycles. The van der Waals surface area contributed by atoms with Gasteiger partial charge in [0.05, 0.1) is 23.0 Å². The van der Waals surface area contributed by atoms with Gasteiger partial charge < -0.3 is 4.90 Å². The first-order valence-corrected chi connectivity index (χ1v) is 12.5. The van der Waals surface area contributed by atoms with Crippen LogP contribution in [0.25, 0.3) is 0 Å². The Hall–Kier alpha value is -3.65. The second-order valence-electron chi connectivity index (χ2n) is 10.1. The van der Waals surface area contributed by atoms with E-state index in [0.29, 0.717) is 30.1 Å². The smallest absolute Gasteiger partial charge is 0.364 e. The van der Waals surface area contributed by atoms with E-state index in [0.717, 1.165) is 24.8 Å². The molecule has 1 amide bonds. The van der Waals surface area contributed by atoms with E-state index in [1.54, 1.807) is 6.07 Å². The number of alkyl halides is 3. The van der Waals surface area contributed by atoms with Gasteiger partial charge >= 0.3 is 6.18 Å². The number of hydrogen-bond donors (Lipinski definition) is 0. The van der Waals surface area contributed by atoms with Crippen LogP contribution in [-0.2, 0) is 23.9 Å². The number of nitrogens with zero attached hydrogens (tertiary/aromatic N) is 4. The van der Waals surface area contributed by atoms with Crippen LogP contribution in [0.2, 0.25) is 0 Å². The molecule has 190 valence electrons. The molecule has 3 heterocycles. The highest BCUT2D eigenvalue weighted by Gasteiger charge is 2.60. The molecule has 0 aromatic heterocycles. The average Bonchev–Trinajstić information content (AvgIpc) is 3.14. The van der Waals surface area contributed by atoms with Gasteiger partial charge in [0.25, 0.3) is 5.91 Å². The molecule has 1 fully saturated rings. The second-order valence-corrected chi connectivity index (χ2v) is 10.1. The fourth-order valence-electron chi connectivity index (χ4n) is 6.10. The summed E-state index contributed by atoms with van der Waals surface area (Å²) in [6, 6.07) is 23.1. The minimum absolute atomic E-state index is 0.184. The van der Waals surface area contributed by atoms with Gasteiger partial charge in [0.15, 0.2) is 0 Å². The average molecular weight is 505 g/mol. The van der Waals surface area contributed by atoms with Crippen LogP contribution in [0.5, 0.6) is 0 Å². The molecule has 0 radical (unpaired) electrons. The molecule has 1 spiro atoms. The molecule has 0 bridgehead atoms. The number of fused-ring (bicyclic) bond motifs is 4. The quantitative estimate of drug-likeness (QED) is 0.482. The van der Waals surface area contributed by atoms with Crippen molar-refractivity contribution in [1.29, 1.82) is 0 Å². The summed E-state index contributed by atoms with van der Waals surface area (Å²) in [5.74, 6) is -0.184. The van der Waals surface area contributed by atoms with E-state index in [4.69, 9.17) is 5.10 Å². The van der Waals surface area contributed by atoms with E-state index in [-0.39, 0.29) is 18.4 Å². The van der Waals surface area contributed by atoms with Gasteiger partial charge in [0.2, 0.25) is 0 Å². The summed E-state index contributed by atoms with van der Waals surface area (Å²) in [6.07, 6.45) is -4.27. The highest BCUT2D eigenvalue weighted by Crippen LogP contribution is 2.49. The first-order valence-electron chi connectivity index (χ1n) is 12.5. The Morgan fingerprint density at radius 1 is 0.973 bits per heavy atom. The molecular weight excluding hydrogens is 477 g/mol. The number of piperazine rings is 1. The summed E-state index contributed by atoms with van der Waals surface area (Å²) < 4.78 is 40.9. The molecule has 0 saturated carbocycles. The summed E-state index contributed by atoms with van der Waals surface area (Å²) in [5, 5.41) is 6.13. The Morgan fingerprint density at radius 3 is 2.38 bits per heavy atom. The highest BCUT2D eigenvalue weighted by molar-refractivity contribution is 6.20. The molecule has 6 rings (SSSR count). The van der Waals surface area contributed by atoms with Gasteiger partial charge in [0, 0.05) is 31.9 Å². The van der Waals surface area contributed by atoms with E-state index in [2.05, 4.69) is 21.9 Å². The number of rotatable bonds is 3. The summed E-state index contributed by atoms with van der Waals surface area (Å²) in [6.45, 7) is 4.55. The van der Waals surface area contributed by atoms with Crippen molar-refractivity contribution in [3.63, 3.8) is 0 Å².